The molecule has 0 bridgehead atoms. The van der Waals surface area contributed by atoms with Crippen LogP contribution in [0.2, 0.25) is 0 Å². The normalized spacial score (nSPS) is 11.9. The zero-order chi connectivity index (χ0) is 15.0. The molecular weight excluding hydrogens is 274 g/mol. The van der Waals surface area contributed by atoms with E-state index in [-0.39, 0.29) is 23.5 Å². The van der Waals surface area contributed by atoms with Gasteiger partial charge in [-0.05, 0) is 24.6 Å². The quantitative estimate of drug-likeness (QED) is 0.634. The molecule has 0 aliphatic carbocycles. The first-order valence-corrected chi connectivity index (χ1v) is 7.55. The van der Waals surface area contributed by atoms with Crippen LogP contribution in [0, 0.1) is 5.92 Å². The van der Waals surface area contributed by atoms with E-state index in [4.69, 9.17) is 11.5 Å². The van der Waals surface area contributed by atoms with Crippen molar-refractivity contribution in [1.82, 2.24) is 0 Å². The number of rotatable bonds is 8. The molecule has 0 aliphatic rings. The smallest absolute Gasteiger partial charge is 0.227 e. The van der Waals surface area contributed by atoms with E-state index in [0.29, 0.717) is 18.7 Å². The van der Waals surface area contributed by atoms with Crippen LogP contribution in [0.3, 0.4) is 0 Å². The van der Waals surface area contributed by atoms with Crippen LogP contribution in [0.15, 0.2) is 29.2 Å². The van der Waals surface area contributed by atoms with E-state index in [9.17, 15) is 9.59 Å². The SMILES string of the molecule is CCC(CN)CC(=O)Nc1ccccc1SCC(N)=O. The number of amides is 2. The predicted molar refractivity (Wildman–Crippen MR) is 82.4 cm³/mol. The molecule has 5 nitrogen and oxygen atoms in total. The number of anilines is 1. The number of thioether (sulfide) groups is 1. The second-order valence-electron chi connectivity index (χ2n) is 4.51. The minimum atomic E-state index is -0.384. The zero-order valence-electron chi connectivity index (χ0n) is 11.6. The van der Waals surface area contributed by atoms with E-state index >= 15 is 0 Å². The Hall–Kier alpha value is -1.53. The van der Waals surface area contributed by atoms with Crippen molar-refractivity contribution in [2.24, 2.45) is 17.4 Å². The molecule has 0 radical (unpaired) electrons. The lowest BCUT2D eigenvalue weighted by Crippen LogP contribution is -2.22. The minimum absolute atomic E-state index is 0.0607. The Morgan fingerprint density at radius 1 is 1.35 bits per heavy atom. The number of nitrogens with two attached hydrogens (primary N) is 2. The highest BCUT2D eigenvalue weighted by atomic mass is 32.2. The summed E-state index contributed by atoms with van der Waals surface area (Å²) in [6, 6.07) is 7.35. The van der Waals surface area contributed by atoms with Crippen LogP contribution in [0.1, 0.15) is 19.8 Å². The summed E-state index contributed by atoms with van der Waals surface area (Å²) in [5, 5.41) is 2.87. The van der Waals surface area contributed by atoms with Crippen LogP contribution < -0.4 is 16.8 Å². The van der Waals surface area contributed by atoms with E-state index in [1.165, 1.54) is 11.8 Å². The molecular formula is C14H21N3O2S. The third-order valence-corrected chi connectivity index (χ3v) is 4.01. The van der Waals surface area contributed by atoms with Crippen molar-refractivity contribution in [1.29, 1.82) is 0 Å². The topological polar surface area (TPSA) is 98.2 Å². The van der Waals surface area contributed by atoms with Gasteiger partial charge in [-0.2, -0.15) is 0 Å². The van der Waals surface area contributed by atoms with E-state index < -0.39 is 0 Å². The summed E-state index contributed by atoms with van der Waals surface area (Å²) in [5.74, 6) is -0.0621. The fourth-order valence-corrected chi connectivity index (χ4v) is 2.45. The molecule has 0 heterocycles. The van der Waals surface area contributed by atoms with Gasteiger partial charge in [0.25, 0.3) is 0 Å². The number of benzene rings is 1. The Balaban J connectivity index is 2.66. The Morgan fingerprint density at radius 3 is 2.65 bits per heavy atom. The van der Waals surface area contributed by atoms with E-state index in [0.717, 1.165) is 11.3 Å². The standard InChI is InChI=1S/C14H21N3O2S/c1-2-10(8-15)7-14(19)17-11-5-3-4-6-12(11)20-9-13(16)18/h3-6,10H,2,7-9,15H2,1H3,(H2,16,18)(H,17,19). The highest BCUT2D eigenvalue weighted by Gasteiger charge is 2.12. The first kappa shape index (κ1) is 16.5. The molecule has 6 heteroatoms. The number of primary amides is 1. The summed E-state index contributed by atoms with van der Waals surface area (Å²) >= 11 is 1.31. The van der Waals surface area contributed by atoms with Crippen LogP contribution in [0.5, 0.6) is 0 Å². The van der Waals surface area contributed by atoms with Gasteiger partial charge in [0.15, 0.2) is 0 Å². The Kier molecular flexibility index (Phi) is 7.11. The number of carbonyl (C=O) groups is 2. The maximum Gasteiger partial charge on any atom is 0.227 e. The largest absolute Gasteiger partial charge is 0.369 e. The first-order chi connectivity index (χ1) is 9.56. The van der Waals surface area contributed by atoms with E-state index in [1.54, 1.807) is 0 Å². The zero-order valence-corrected chi connectivity index (χ0v) is 12.4. The van der Waals surface area contributed by atoms with Gasteiger partial charge < -0.3 is 16.8 Å². The van der Waals surface area contributed by atoms with Crippen LogP contribution in [0.4, 0.5) is 5.69 Å². The summed E-state index contributed by atoms with van der Waals surface area (Å²) < 4.78 is 0. The van der Waals surface area contributed by atoms with Crippen LogP contribution in [-0.2, 0) is 9.59 Å². The summed E-state index contributed by atoms with van der Waals surface area (Å²) in [7, 11) is 0. The van der Waals surface area contributed by atoms with Crippen molar-refractivity contribution < 1.29 is 9.59 Å². The number of hydrogen-bond donors (Lipinski definition) is 3. The van der Waals surface area contributed by atoms with E-state index in [2.05, 4.69) is 5.32 Å². The molecule has 5 N–H and O–H groups in total. The third kappa shape index (κ3) is 5.63. The van der Waals surface area contributed by atoms with Crippen molar-refractivity contribution in [2.75, 3.05) is 17.6 Å². The van der Waals surface area contributed by atoms with Gasteiger partial charge in [0.1, 0.15) is 0 Å². The molecule has 2 amide bonds. The van der Waals surface area contributed by atoms with E-state index in [1.807, 2.05) is 31.2 Å². The Morgan fingerprint density at radius 2 is 2.05 bits per heavy atom. The van der Waals surface area contributed by atoms with Gasteiger partial charge in [0.05, 0.1) is 11.4 Å². The number of para-hydroxylation sites is 1. The lowest BCUT2D eigenvalue weighted by molar-refractivity contribution is -0.117. The average molecular weight is 295 g/mol. The number of hydrogen-bond acceptors (Lipinski definition) is 4. The number of carbonyl (C=O) groups excluding carboxylic acids is 2. The summed E-state index contributed by atoms with van der Waals surface area (Å²) in [6.07, 6.45) is 1.28. The monoisotopic (exact) mass is 295 g/mol. The van der Waals surface area contributed by atoms with Crippen LogP contribution in [0.25, 0.3) is 0 Å². The molecule has 0 fully saturated rings. The fraction of sp³-hybridized carbons (Fsp3) is 0.429. The molecule has 1 aromatic carbocycles. The number of nitrogens with one attached hydrogen (secondary N) is 1. The van der Waals surface area contributed by atoms with Crippen molar-refractivity contribution in [2.45, 2.75) is 24.7 Å². The highest BCUT2D eigenvalue weighted by molar-refractivity contribution is 8.00. The van der Waals surface area contributed by atoms with Crippen LogP contribution in [-0.4, -0.2) is 24.1 Å². The molecule has 0 aliphatic heterocycles. The Labute approximate surface area is 123 Å². The Bertz CT molecular complexity index is 461. The molecule has 0 aromatic heterocycles. The predicted octanol–water partition coefficient (Wildman–Crippen LogP) is 1.58. The third-order valence-electron chi connectivity index (χ3n) is 2.92. The van der Waals surface area contributed by atoms with Gasteiger partial charge in [0.2, 0.25) is 11.8 Å². The van der Waals surface area contributed by atoms with Gasteiger partial charge in [-0.3, -0.25) is 9.59 Å². The fourth-order valence-electron chi connectivity index (χ4n) is 1.70. The van der Waals surface area contributed by atoms with Crippen molar-refractivity contribution in [3.63, 3.8) is 0 Å². The first-order valence-electron chi connectivity index (χ1n) is 6.56. The summed E-state index contributed by atoms with van der Waals surface area (Å²) in [6.45, 7) is 2.52. The van der Waals surface area contributed by atoms with Gasteiger partial charge in [0, 0.05) is 11.3 Å². The molecule has 1 unspecified atom stereocenters. The molecule has 20 heavy (non-hydrogen) atoms. The van der Waals surface area contributed by atoms with Crippen molar-refractivity contribution in [3.05, 3.63) is 24.3 Å². The van der Waals surface area contributed by atoms with Gasteiger partial charge in [-0.15, -0.1) is 11.8 Å². The maximum atomic E-state index is 12.0. The molecule has 1 atom stereocenters. The van der Waals surface area contributed by atoms with Gasteiger partial charge >= 0.3 is 0 Å². The summed E-state index contributed by atoms with van der Waals surface area (Å²) in [5.41, 5.74) is 11.4. The molecule has 1 aromatic rings. The van der Waals surface area contributed by atoms with Crippen molar-refractivity contribution in [3.8, 4) is 0 Å². The molecule has 1 rings (SSSR count). The van der Waals surface area contributed by atoms with Gasteiger partial charge in [-0.25, -0.2) is 0 Å². The molecule has 110 valence electrons. The van der Waals surface area contributed by atoms with Crippen molar-refractivity contribution >= 4 is 29.3 Å². The maximum absolute atomic E-state index is 12.0. The molecule has 0 spiro atoms. The van der Waals surface area contributed by atoms with Gasteiger partial charge in [-0.1, -0.05) is 25.5 Å². The lowest BCUT2D eigenvalue weighted by Gasteiger charge is -2.14. The lowest BCUT2D eigenvalue weighted by atomic mass is 10.0. The minimum Gasteiger partial charge on any atom is -0.369 e. The molecule has 0 saturated carbocycles. The van der Waals surface area contributed by atoms with Crippen LogP contribution >= 0.6 is 11.8 Å². The second kappa shape index (κ2) is 8.60. The average Bonchev–Trinajstić information content (AvgIpc) is 2.43. The second-order valence-corrected chi connectivity index (χ2v) is 5.53. The molecule has 0 saturated heterocycles. The summed E-state index contributed by atoms with van der Waals surface area (Å²) in [4.78, 5) is 23.6. The highest BCUT2D eigenvalue weighted by Crippen LogP contribution is 2.27.